The van der Waals surface area contributed by atoms with E-state index in [0.29, 0.717) is 6.04 Å². The van der Waals surface area contributed by atoms with Gasteiger partial charge in [-0.25, -0.2) is 0 Å². The minimum atomic E-state index is 0.581. The predicted molar refractivity (Wildman–Crippen MR) is 84.1 cm³/mol. The molecule has 1 aliphatic rings. The molecule has 2 heterocycles. The van der Waals surface area contributed by atoms with Crippen LogP contribution in [0.1, 0.15) is 32.6 Å². The topological polar surface area (TPSA) is 44.0 Å². The summed E-state index contributed by atoms with van der Waals surface area (Å²) in [4.78, 5) is 2.60. The first-order valence-electron chi connectivity index (χ1n) is 7.78. The van der Waals surface area contributed by atoms with E-state index in [4.69, 9.17) is 0 Å². The molecule has 0 radical (unpaired) electrons. The van der Waals surface area contributed by atoms with Gasteiger partial charge >= 0.3 is 0 Å². The van der Waals surface area contributed by atoms with Crippen molar-refractivity contribution in [1.29, 1.82) is 0 Å². The van der Waals surface area contributed by atoms with Crippen molar-refractivity contribution >= 4 is 16.6 Å². The summed E-state index contributed by atoms with van der Waals surface area (Å²) in [5, 5.41) is 12.1. The normalized spacial score (nSPS) is 20.9. The van der Waals surface area contributed by atoms with Crippen LogP contribution in [-0.4, -0.2) is 40.8 Å². The third-order valence-corrected chi connectivity index (χ3v) is 4.20. The Kier molecular flexibility index (Phi) is 4.21. The van der Waals surface area contributed by atoms with Crippen molar-refractivity contribution in [3.8, 4) is 0 Å². The van der Waals surface area contributed by atoms with E-state index in [1.165, 1.54) is 56.4 Å². The summed E-state index contributed by atoms with van der Waals surface area (Å²) < 4.78 is 0. The molecular weight excluding hydrogens is 248 g/mol. The van der Waals surface area contributed by atoms with Gasteiger partial charge in [0.25, 0.3) is 0 Å². The molecule has 4 nitrogen and oxygen atoms in total. The fourth-order valence-electron chi connectivity index (χ4n) is 3.15. The maximum atomic E-state index is 4.14. The van der Waals surface area contributed by atoms with Gasteiger partial charge in [-0.2, -0.15) is 5.10 Å². The second-order valence-electron chi connectivity index (χ2n) is 5.75. The lowest BCUT2D eigenvalue weighted by molar-refractivity contribution is 0.285. The van der Waals surface area contributed by atoms with Gasteiger partial charge in [-0.15, -0.1) is 0 Å². The van der Waals surface area contributed by atoms with Crippen molar-refractivity contribution in [1.82, 2.24) is 15.1 Å². The highest BCUT2D eigenvalue weighted by Crippen LogP contribution is 2.24. The van der Waals surface area contributed by atoms with Gasteiger partial charge in [-0.05, 0) is 50.9 Å². The molecule has 1 aromatic carbocycles. The number of H-pyrrole nitrogens is 1. The van der Waals surface area contributed by atoms with Crippen LogP contribution in [0.4, 0.5) is 5.69 Å². The molecule has 0 spiro atoms. The van der Waals surface area contributed by atoms with Crippen molar-refractivity contribution in [3.63, 3.8) is 0 Å². The lowest BCUT2D eigenvalue weighted by atomic mass is 10.1. The second-order valence-corrected chi connectivity index (χ2v) is 5.75. The summed E-state index contributed by atoms with van der Waals surface area (Å²) in [7, 11) is 0. The average Bonchev–Trinajstić information content (AvgIpc) is 2.83. The summed E-state index contributed by atoms with van der Waals surface area (Å²) >= 11 is 0. The highest BCUT2D eigenvalue weighted by molar-refractivity contribution is 5.90. The Morgan fingerprint density at radius 3 is 3.20 bits per heavy atom. The Morgan fingerprint density at radius 2 is 2.30 bits per heavy atom. The summed E-state index contributed by atoms with van der Waals surface area (Å²) in [6.07, 6.45) is 6.95. The summed E-state index contributed by atoms with van der Waals surface area (Å²) in [6, 6.07) is 6.90. The Morgan fingerprint density at radius 1 is 1.35 bits per heavy atom. The van der Waals surface area contributed by atoms with Gasteiger partial charge < -0.3 is 10.2 Å². The number of nitrogens with zero attached hydrogens (tertiary/aromatic N) is 2. The van der Waals surface area contributed by atoms with Crippen molar-refractivity contribution < 1.29 is 0 Å². The molecule has 1 aromatic heterocycles. The molecule has 0 amide bonds. The zero-order valence-electron chi connectivity index (χ0n) is 12.2. The minimum Gasteiger partial charge on any atom is -0.382 e. The quantitative estimate of drug-likeness (QED) is 0.898. The monoisotopic (exact) mass is 272 g/mol. The Bertz CT molecular complexity index is 548. The summed E-state index contributed by atoms with van der Waals surface area (Å²) in [5.41, 5.74) is 2.32. The van der Waals surface area contributed by atoms with Crippen molar-refractivity contribution in [2.75, 3.05) is 25.0 Å². The van der Waals surface area contributed by atoms with Crippen molar-refractivity contribution in [2.45, 2.75) is 38.6 Å². The molecule has 1 atom stereocenters. The van der Waals surface area contributed by atoms with Gasteiger partial charge in [0.05, 0.1) is 11.7 Å². The van der Waals surface area contributed by atoms with E-state index in [9.17, 15) is 0 Å². The number of benzene rings is 1. The van der Waals surface area contributed by atoms with Crippen LogP contribution in [-0.2, 0) is 0 Å². The van der Waals surface area contributed by atoms with Crippen LogP contribution in [0.5, 0.6) is 0 Å². The zero-order chi connectivity index (χ0) is 13.8. The van der Waals surface area contributed by atoms with Crippen molar-refractivity contribution in [2.24, 2.45) is 0 Å². The van der Waals surface area contributed by atoms with Gasteiger partial charge in [-0.1, -0.05) is 13.0 Å². The fourth-order valence-corrected chi connectivity index (χ4v) is 3.15. The van der Waals surface area contributed by atoms with Gasteiger partial charge in [0, 0.05) is 23.7 Å². The van der Waals surface area contributed by atoms with Crippen LogP contribution in [0.3, 0.4) is 0 Å². The second kappa shape index (κ2) is 6.27. The van der Waals surface area contributed by atoms with E-state index in [1.807, 2.05) is 6.20 Å². The molecular formula is C16H24N4. The van der Waals surface area contributed by atoms with E-state index in [-0.39, 0.29) is 0 Å². The van der Waals surface area contributed by atoms with Gasteiger partial charge in [0.15, 0.2) is 0 Å². The molecule has 2 aromatic rings. The number of fused-ring (bicyclic) bond motifs is 1. The van der Waals surface area contributed by atoms with E-state index in [1.54, 1.807) is 0 Å². The lowest BCUT2D eigenvalue weighted by Gasteiger charge is -2.20. The number of aromatic amines is 1. The molecule has 2 N–H and O–H groups in total. The van der Waals surface area contributed by atoms with E-state index in [0.717, 1.165) is 5.52 Å². The number of aromatic nitrogens is 2. The van der Waals surface area contributed by atoms with Crippen LogP contribution in [0.15, 0.2) is 24.4 Å². The smallest absolute Gasteiger partial charge is 0.0671 e. The number of rotatable bonds is 4. The Hall–Kier alpha value is -1.55. The number of nitrogens with one attached hydrogen (secondary N) is 2. The molecule has 3 rings (SSSR count). The van der Waals surface area contributed by atoms with Crippen LogP contribution in [0.25, 0.3) is 10.9 Å². The fraction of sp³-hybridized carbons (Fsp3) is 0.562. The average molecular weight is 272 g/mol. The molecule has 1 saturated heterocycles. The molecule has 1 unspecified atom stereocenters. The van der Waals surface area contributed by atoms with E-state index < -0.39 is 0 Å². The van der Waals surface area contributed by atoms with Crippen LogP contribution >= 0.6 is 0 Å². The van der Waals surface area contributed by atoms with Gasteiger partial charge in [0.1, 0.15) is 0 Å². The maximum Gasteiger partial charge on any atom is 0.0671 e. The Labute approximate surface area is 120 Å². The SMILES string of the molecule is CCCN1CCCC(Nc2cccc3[nH]ncc23)CC1. The van der Waals surface area contributed by atoms with Gasteiger partial charge in [0.2, 0.25) is 0 Å². The first-order chi connectivity index (χ1) is 9.86. The lowest BCUT2D eigenvalue weighted by Crippen LogP contribution is -2.27. The van der Waals surface area contributed by atoms with Crippen LogP contribution in [0, 0.1) is 0 Å². The first kappa shape index (κ1) is 13.4. The standard InChI is InChI=1S/C16H24N4/c1-2-9-20-10-4-5-13(8-11-20)18-15-6-3-7-16-14(15)12-17-19-16/h3,6-7,12-13,18H,2,4-5,8-11H2,1H3,(H,17,19). The molecule has 0 bridgehead atoms. The molecule has 0 saturated carbocycles. The molecule has 4 heteroatoms. The van der Waals surface area contributed by atoms with E-state index in [2.05, 4.69) is 45.5 Å². The summed E-state index contributed by atoms with van der Waals surface area (Å²) in [5.74, 6) is 0. The maximum absolute atomic E-state index is 4.14. The largest absolute Gasteiger partial charge is 0.382 e. The summed E-state index contributed by atoms with van der Waals surface area (Å²) in [6.45, 7) is 5.97. The van der Waals surface area contributed by atoms with Gasteiger partial charge in [-0.3, -0.25) is 5.10 Å². The van der Waals surface area contributed by atoms with E-state index >= 15 is 0 Å². The minimum absolute atomic E-state index is 0.581. The third kappa shape index (κ3) is 2.96. The van der Waals surface area contributed by atoms with Crippen LogP contribution in [0.2, 0.25) is 0 Å². The number of hydrogen-bond acceptors (Lipinski definition) is 3. The highest BCUT2D eigenvalue weighted by atomic mass is 15.1. The highest BCUT2D eigenvalue weighted by Gasteiger charge is 2.17. The molecule has 20 heavy (non-hydrogen) atoms. The first-order valence-corrected chi connectivity index (χ1v) is 7.78. The predicted octanol–water partition coefficient (Wildman–Crippen LogP) is 3.24. The number of anilines is 1. The number of likely N-dealkylation sites (tertiary alicyclic amines) is 1. The van der Waals surface area contributed by atoms with Crippen molar-refractivity contribution in [3.05, 3.63) is 24.4 Å². The number of hydrogen-bond donors (Lipinski definition) is 2. The molecule has 1 fully saturated rings. The van der Waals surface area contributed by atoms with Crippen LogP contribution < -0.4 is 5.32 Å². The Balaban J connectivity index is 1.67. The molecule has 1 aliphatic heterocycles. The third-order valence-electron chi connectivity index (χ3n) is 4.20. The molecule has 108 valence electrons. The zero-order valence-corrected chi connectivity index (χ0v) is 12.2. The molecule has 0 aliphatic carbocycles.